The first-order valence-corrected chi connectivity index (χ1v) is 11.5. The smallest absolute Gasteiger partial charge is 0.407 e. The van der Waals surface area contributed by atoms with Crippen LogP contribution in [0.2, 0.25) is 0 Å². The Balaban J connectivity index is 1.41. The Bertz CT molecular complexity index is 1020. The Labute approximate surface area is 193 Å². The fourth-order valence-corrected chi connectivity index (χ4v) is 4.59. The molecule has 0 heterocycles. The van der Waals surface area contributed by atoms with Crippen molar-refractivity contribution in [3.63, 3.8) is 0 Å². The van der Waals surface area contributed by atoms with E-state index < -0.39 is 23.6 Å². The Kier molecular flexibility index (Phi) is 6.40. The number of nitrogens with one attached hydrogen (secondary N) is 2. The molecule has 0 aromatic heterocycles. The van der Waals surface area contributed by atoms with Gasteiger partial charge >= 0.3 is 12.1 Å². The third-order valence-electron chi connectivity index (χ3n) is 6.84. The maximum atomic E-state index is 12.9. The molecular formula is C26H30N2O5. The SMILES string of the molecule is CC[C@H](C)[C@H](NC(=O)OCC1c2ccccc2-c2ccccc21)C(=O)NC1(CC(=O)O)CC1. The van der Waals surface area contributed by atoms with Gasteiger partial charge in [0.25, 0.3) is 0 Å². The molecule has 2 aliphatic rings. The van der Waals surface area contributed by atoms with Gasteiger partial charge in [-0.05, 0) is 41.0 Å². The number of carboxylic acids is 1. The first-order valence-electron chi connectivity index (χ1n) is 11.5. The molecule has 0 spiro atoms. The number of amides is 2. The number of benzene rings is 2. The summed E-state index contributed by atoms with van der Waals surface area (Å²) in [5.74, 6) is -1.51. The third-order valence-corrected chi connectivity index (χ3v) is 6.84. The van der Waals surface area contributed by atoms with Gasteiger partial charge in [-0.15, -0.1) is 0 Å². The summed E-state index contributed by atoms with van der Waals surface area (Å²) in [7, 11) is 0. The van der Waals surface area contributed by atoms with E-state index in [0.717, 1.165) is 22.3 Å². The van der Waals surface area contributed by atoms with Gasteiger partial charge in [-0.25, -0.2) is 4.79 Å². The van der Waals surface area contributed by atoms with Crippen molar-refractivity contribution in [2.24, 2.45) is 5.92 Å². The van der Waals surface area contributed by atoms with Gasteiger partial charge in [-0.1, -0.05) is 68.8 Å². The highest BCUT2D eigenvalue weighted by molar-refractivity contribution is 5.87. The van der Waals surface area contributed by atoms with Gasteiger partial charge in [0.05, 0.1) is 12.0 Å². The zero-order valence-corrected chi connectivity index (χ0v) is 19.0. The van der Waals surface area contributed by atoms with Crippen LogP contribution in [0.1, 0.15) is 56.6 Å². The lowest BCUT2D eigenvalue weighted by molar-refractivity contribution is -0.138. The number of fused-ring (bicyclic) bond motifs is 3. The van der Waals surface area contributed by atoms with Crippen molar-refractivity contribution in [3.05, 3.63) is 59.7 Å². The molecule has 3 N–H and O–H groups in total. The first kappa shape index (κ1) is 22.8. The lowest BCUT2D eigenvalue weighted by Gasteiger charge is -2.26. The topological polar surface area (TPSA) is 105 Å². The van der Waals surface area contributed by atoms with Gasteiger partial charge in [0.15, 0.2) is 0 Å². The molecule has 0 saturated heterocycles. The molecule has 2 aromatic carbocycles. The molecule has 2 aliphatic carbocycles. The van der Waals surface area contributed by atoms with E-state index in [1.165, 1.54) is 0 Å². The zero-order valence-electron chi connectivity index (χ0n) is 19.0. The summed E-state index contributed by atoms with van der Waals surface area (Å²) in [6, 6.07) is 15.4. The average molecular weight is 451 g/mol. The Morgan fingerprint density at radius 1 is 1.06 bits per heavy atom. The van der Waals surface area contributed by atoms with Crippen LogP contribution in [-0.4, -0.2) is 41.3 Å². The summed E-state index contributed by atoms with van der Waals surface area (Å²) < 4.78 is 5.60. The van der Waals surface area contributed by atoms with Gasteiger partial charge in [-0.3, -0.25) is 9.59 Å². The van der Waals surface area contributed by atoms with Crippen LogP contribution in [0.5, 0.6) is 0 Å². The largest absolute Gasteiger partial charge is 0.481 e. The highest BCUT2D eigenvalue weighted by Gasteiger charge is 2.47. The number of rotatable bonds is 9. The van der Waals surface area contributed by atoms with Crippen molar-refractivity contribution in [3.8, 4) is 11.1 Å². The molecule has 1 fully saturated rings. The molecule has 4 rings (SSSR count). The molecule has 0 radical (unpaired) electrons. The summed E-state index contributed by atoms with van der Waals surface area (Å²) in [5.41, 5.74) is 3.83. The quantitative estimate of drug-likeness (QED) is 0.534. The molecule has 0 bridgehead atoms. The molecular weight excluding hydrogens is 420 g/mol. The van der Waals surface area contributed by atoms with Crippen LogP contribution in [0.4, 0.5) is 4.79 Å². The lowest BCUT2D eigenvalue weighted by Crippen LogP contribution is -2.53. The molecule has 1 saturated carbocycles. The zero-order chi connectivity index (χ0) is 23.6. The molecule has 0 aliphatic heterocycles. The van der Waals surface area contributed by atoms with Crippen LogP contribution >= 0.6 is 0 Å². The predicted octanol–water partition coefficient (Wildman–Crippen LogP) is 4.06. The van der Waals surface area contributed by atoms with Gasteiger partial charge in [0.1, 0.15) is 12.6 Å². The monoisotopic (exact) mass is 450 g/mol. The second-order valence-electron chi connectivity index (χ2n) is 9.17. The van der Waals surface area contributed by atoms with E-state index in [1.54, 1.807) is 0 Å². The van der Waals surface area contributed by atoms with Crippen LogP contribution in [0, 0.1) is 5.92 Å². The van der Waals surface area contributed by atoms with Gasteiger partial charge in [-0.2, -0.15) is 0 Å². The molecule has 7 nitrogen and oxygen atoms in total. The van der Waals surface area contributed by atoms with Crippen molar-refractivity contribution in [1.82, 2.24) is 10.6 Å². The molecule has 0 unspecified atom stereocenters. The van der Waals surface area contributed by atoms with Crippen LogP contribution < -0.4 is 10.6 Å². The highest BCUT2D eigenvalue weighted by atomic mass is 16.5. The maximum Gasteiger partial charge on any atom is 0.407 e. The number of hydrogen-bond acceptors (Lipinski definition) is 4. The molecule has 2 amide bonds. The summed E-state index contributed by atoms with van der Waals surface area (Å²) >= 11 is 0. The molecule has 33 heavy (non-hydrogen) atoms. The number of carbonyl (C=O) groups is 3. The van der Waals surface area contributed by atoms with Crippen molar-refractivity contribution in [1.29, 1.82) is 0 Å². The predicted molar refractivity (Wildman–Crippen MR) is 124 cm³/mol. The second kappa shape index (κ2) is 9.25. The van der Waals surface area contributed by atoms with E-state index in [1.807, 2.05) is 50.2 Å². The lowest BCUT2D eigenvalue weighted by atomic mass is 9.97. The third kappa shape index (κ3) is 4.87. The maximum absolute atomic E-state index is 12.9. The van der Waals surface area contributed by atoms with Crippen molar-refractivity contribution >= 4 is 18.0 Å². The van der Waals surface area contributed by atoms with E-state index in [-0.39, 0.29) is 30.8 Å². The number of aliphatic carboxylic acids is 1. The van der Waals surface area contributed by atoms with Crippen molar-refractivity contribution in [2.75, 3.05) is 6.61 Å². The summed E-state index contributed by atoms with van der Waals surface area (Å²) in [6.45, 7) is 3.98. The number of ether oxygens (including phenoxy) is 1. The number of hydrogen-bond donors (Lipinski definition) is 3. The van der Waals surface area contributed by atoms with E-state index in [0.29, 0.717) is 19.3 Å². The van der Waals surface area contributed by atoms with E-state index in [4.69, 9.17) is 9.84 Å². The number of carboxylic acid groups (broad SMARTS) is 1. The van der Waals surface area contributed by atoms with Crippen LogP contribution in [0.3, 0.4) is 0 Å². The van der Waals surface area contributed by atoms with Gasteiger partial charge < -0.3 is 20.5 Å². The molecule has 174 valence electrons. The van der Waals surface area contributed by atoms with Crippen LogP contribution in [-0.2, 0) is 14.3 Å². The molecule has 7 heteroatoms. The standard InChI is InChI=1S/C26H30N2O5/c1-3-16(2)23(24(31)28-26(12-13-26)14-22(29)30)27-25(32)33-15-21-19-10-6-4-8-17(19)18-9-5-7-11-20(18)21/h4-11,16,21,23H,3,12-15H2,1-2H3,(H,27,32)(H,28,31)(H,29,30)/t16-,23-/m0/s1. The summed E-state index contributed by atoms with van der Waals surface area (Å²) in [4.78, 5) is 36.8. The minimum Gasteiger partial charge on any atom is -0.481 e. The fraction of sp³-hybridized carbons (Fsp3) is 0.423. The Morgan fingerprint density at radius 2 is 1.64 bits per heavy atom. The van der Waals surface area contributed by atoms with Crippen LogP contribution in [0.25, 0.3) is 11.1 Å². The molecule has 2 atom stereocenters. The fourth-order valence-electron chi connectivity index (χ4n) is 4.59. The van der Waals surface area contributed by atoms with Crippen molar-refractivity contribution in [2.45, 2.75) is 57.0 Å². The second-order valence-corrected chi connectivity index (χ2v) is 9.17. The summed E-state index contributed by atoms with van der Waals surface area (Å²) in [6.07, 6.45) is 1.16. The molecule has 2 aromatic rings. The normalized spacial score (nSPS) is 17.3. The number of carbonyl (C=O) groups excluding carboxylic acids is 2. The van der Waals surface area contributed by atoms with Crippen LogP contribution in [0.15, 0.2) is 48.5 Å². The Morgan fingerprint density at radius 3 is 2.15 bits per heavy atom. The minimum absolute atomic E-state index is 0.0654. The Hall–Kier alpha value is -3.35. The van der Waals surface area contributed by atoms with E-state index >= 15 is 0 Å². The van der Waals surface area contributed by atoms with Crippen molar-refractivity contribution < 1.29 is 24.2 Å². The van der Waals surface area contributed by atoms with Gasteiger partial charge in [0, 0.05) is 5.92 Å². The number of alkyl carbamates (subject to hydrolysis) is 1. The van der Waals surface area contributed by atoms with E-state index in [9.17, 15) is 14.4 Å². The first-order chi connectivity index (χ1) is 15.8. The summed E-state index contributed by atoms with van der Waals surface area (Å²) in [5, 5.41) is 14.7. The van der Waals surface area contributed by atoms with Gasteiger partial charge in [0.2, 0.25) is 5.91 Å². The highest BCUT2D eigenvalue weighted by Crippen LogP contribution is 2.44. The van der Waals surface area contributed by atoms with E-state index in [2.05, 4.69) is 22.8 Å². The average Bonchev–Trinajstić information content (AvgIpc) is 3.46. The minimum atomic E-state index is -0.947.